The molecule has 0 aromatic rings. The van der Waals surface area contributed by atoms with Crippen LogP contribution in [-0.4, -0.2) is 34.2 Å². The topological polar surface area (TPSA) is 35.2 Å². The molecule has 86 valence electrons. The van der Waals surface area contributed by atoms with Gasteiger partial charge in [-0.15, -0.1) is 17.0 Å². The first-order valence-electron chi connectivity index (χ1n) is 5.37. The third-order valence-electron chi connectivity index (χ3n) is 1.89. The van der Waals surface area contributed by atoms with E-state index in [4.69, 9.17) is 8.81 Å². The van der Waals surface area contributed by atoms with Crippen LogP contribution < -0.4 is 5.73 Å². The number of nitrogens with two attached hydrogens (primary N) is 1. The Morgan fingerprint density at radius 2 is 2.00 bits per heavy atom. The van der Waals surface area contributed by atoms with Gasteiger partial charge in [-0.25, -0.2) is 0 Å². The molecule has 0 aliphatic heterocycles. The van der Waals surface area contributed by atoms with Gasteiger partial charge in [0.2, 0.25) is 0 Å². The number of halogens is 1. The van der Waals surface area contributed by atoms with Gasteiger partial charge in [-0.2, -0.15) is 0 Å². The minimum absolute atomic E-state index is 0. The molecular formula is C10H24BrNOSn. The summed E-state index contributed by atoms with van der Waals surface area (Å²) in [7, 11) is 0. The van der Waals surface area contributed by atoms with Crippen LogP contribution in [-0.2, 0) is 3.07 Å². The van der Waals surface area contributed by atoms with Gasteiger partial charge in [-0.1, -0.05) is 0 Å². The predicted octanol–water partition coefficient (Wildman–Crippen LogP) is 2.94. The summed E-state index contributed by atoms with van der Waals surface area (Å²) in [5.41, 5.74) is 5.66. The molecule has 2 N–H and O–H groups in total. The average molecular weight is 373 g/mol. The normalized spacial score (nSPS) is 12.2. The average Bonchev–Trinajstić information content (AvgIpc) is 2.09. The molecule has 0 rings (SSSR count). The SMILES string of the molecule is Br.CCCC[O][Sn][CH2]CCCC(C)N. The van der Waals surface area contributed by atoms with Crippen molar-refractivity contribution in [3.63, 3.8) is 0 Å². The Bertz CT molecular complexity index is 104. The van der Waals surface area contributed by atoms with Crippen LogP contribution in [0.5, 0.6) is 0 Å². The van der Waals surface area contributed by atoms with Crippen molar-refractivity contribution in [1.29, 1.82) is 0 Å². The number of hydrogen-bond acceptors (Lipinski definition) is 2. The molecule has 2 radical (unpaired) electrons. The molecule has 0 bridgehead atoms. The van der Waals surface area contributed by atoms with E-state index in [0.717, 1.165) is 6.61 Å². The molecule has 0 aromatic carbocycles. The van der Waals surface area contributed by atoms with E-state index in [1.807, 2.05) is 0 Å². The van der Waals surface area contributed by atoms with Crippen LogP contribution in [0.25, 0.3) is 0 Å². The Labute approximate surface area is 110 Å². The number of hydrogen-bond donors (Lipinski definition) is 1. The van der Waals surface area contributed by atoms with Crippen molar-refractivity contribution in [1.82, 2.24) is 0 Å². The van der Waals surface area contributed by atoms with Crippen molar-refractivity contribution in [2.45, 2.75) is 56.4 Å². The molecule has 2 nitrogen and oxygen atoms in total. The number of rotatable bonds is 9. The second-order valence-electron chi connectivity index (χ2n) is 3.57. The van der Waals surface area contributed by atoms with Crippen molar-refractivity contribution in [2.24, 2.45) is 5.73 Å². The fourth-order valence-electron chi connectivity index (χ4n) is 1.02. The van der Waals surface area contributed by atoms with Crippen LogP contribution >= 0.6 is 17.0 Å². The second kappa shape index (κ2) is 14.2. The Hall–Kier alpha value is 1.20. The van der Waals surface area contributed by atoms with Gasteiger partial charge in [0.05, 0.1) is 0 Å². The second-order valence-corrected chi connectivity index (χ2v) is 6.64. The fraction of sp³-hybridized carbons (Fsp3) is 1.00. The first kappa shape index (κ1) is 17.6. The zero-order valence-electron chi connectivity index (χ0n) is 9.42. The van der Waals surface area contributed by atoms with E-state index in [-0.39, 0.29) is 17.0 Å². The molecule has 0 amide bonds. The fourth-order valence-corrected chi connectivity index (χ4v) is 3.39. The van der Waals surface area contributed by atoms with Crippen LogP contribution in [0.1, 0.15) is 46.0 Å². The van der Waals surface area contributed by atoms with Gasteiger partial charge in [0.15, 0.2) is 0 Å². The Morgan fingerprint density at radius 1 is 1.29 bits per heavy atom. The van der Waals surface area contributed by atoms with Crippen LogP contribution in [0.3, 0.4) is 0 Å². The molecular weight excluding hydrogens is 349 g/mol. The van der Waals surface area contributed by atoms with Crippen molar-refractivity contribution in [2.75, 3.05) is 6.61 Å². The molecule has 1 unspecified atom stereocenters. The zero-order chi connectivity index (χ0) is 9.94. The molecule has 14 heavy (non-hydrogen) atoms. The van der Waals surface area contributed by atoms with E-state index < -0.39 is 21.6 Å². The number of unbranched alkanes of at least 4 members (excludes halogenated alkanes) is 2. The zero-order valence-corrected chi connectivity index (χ0v) is 14.0. The van der Waals surface area contributed by atoms with Crippen molar-refractivity contribution >= 4 is 38.5 Å². The minimum atomic E-state index is -0.447. The summed E-state index contributed by atoms with van der Waals surface area (Å²) in [6.07, 6.45) is 6.29. The molecule has 0 aliphatic rings. The first-order chi connectivity index (χ1) is 6.27. The quantitative estimate of drug-likeness (QED) is 0.499. The summed E-state index contributed by atoms with van der Waals surface area (Å²) >= 11 is -0.447. The predicted molar refractivity (Wildman–Crippen MR) is 69.2 cm³/mol. The molecule has 1 atom stereocenters. The van der Waals surface area contributed by atoms with E-state index in [0.29, 0.717) is 6.04 Å². The molecule has 0 saturated carbocycles. The van der Waals surface area contributed by atoms with E-state index >= 15 is 0 Å². The van der Waals surface area contributed by atoms with Crippen molar-refractivity contribution < 1.29 is 3.07 Å². The first-order valence-corrected chi connectivity index (χ1v) is 8.56. The standard InChI is InChI=1S/C6H14N.C4H9O.BrH.Sn/c1-3-4-5-6(2)7;1-2-3-4-5;;/h6H,1,3-5,7H2,2H3;2-4H2,1H3;1H;/q;-1;;+1. The van der Waals surface area contributed by atoms with Crippen LogP contribution in [0.2, 0.25) is 4.44 Å². The van der Waals surface area contributed by atoms with E-state index in [1.54, 1.807) is 0 Å². The summed E-state index contributed by atoms with van der Waals surface area (Å²) in [5.74, 6) is 0. The van der Waals surface area contributed by atoms with Crippen LogP contribution in [0.15, 0.2) is 0 Å². The summed E-state index contributed by atoms with van der Waals surface area (Å²) in [6, 6.07) is 0.381. The van der Waals surface area contributed by atoms with Crippen LogP contribution in [0, 0.1) is 0 Å². The Kier molecular flexibility index (Phi) is 17.8. The van der Waals surface area contributed by atoms with Gasteiger partial charge in [0.25, 0.3) is 0 Å². The maximum absolute atomic E-state index is 5.66. The molecule has 0 spiro atoms. The van der Waals surface area contributed by atoms with Gasteiger partial charge in [0, 0.05) is 0 Å². The third-order valence-corrected chi connectivity index (χ3v) is 4.65. The van der Waals surface area contributed by atoms with Gasteiger partial charge in [-0.3, -0.25) is 0 Å². The van der Waals surface area contributed by atoms with E-state index in [9.17, 15) is 0 Å². The van der Waals surface area contributed by atoms with Crippen molar-refractivity contribution in [3.8, 4) is 0 Å². The molecule has 0 fully saturated rings. The summed E-state index contributed by atoms with van der Waals surface area (Å²) < 4.78 is 6.98. The molecule has 0 saturated heterocycles. The molecule has 0 heterocycles. The van der Waals surface area contributed by atoms with Gasteiger partial charge in [0.1, 0.15) is 0 Å². The molecule has 4 heteroatoms. The van der Waals surface area contributed by atoms with Gasteiger partial charge in [-0.05, 0) is 0 Å². The van der Waals surface area contributed by atoms with Gasteiger partial charge < -0.3 is 0 Å². The third kappa shape index (κ3) is 15.7. The molecule has 0 aromatic heterocycles. The maximum atomic E-state index is 5.66. The van der Waals surface area contributed by atoms with Gasteiger partial charge >= 0.3 is 93.4 Å². The van der Waals surface area contributed by atoms with E-state index in [2.05, 4.69) is 13.8 Å². The summed E-state index contributed by atoms with van der Waals surface area (Å²) in [4.78, 5) is 0. The Morgan fingerprint density at radius 3 is 2.57 bits per heavy atom. The monoisotopic (exact) mass is 373 g/mol. The Balaban J connectivity index is 0. The van der Waals surface area contributed by atoms with Crippen molar-refractivity contribution in [3.05, 3.63) is 0 Å². The van der Waals surface area contributed by atoms with E-state index in [1.165, 1.54) is 36.5 Å². The van der Waals surface area contributed by atoms with Crippen LogP contribution in [0.4, 0.5) is 0 Å². The molecule has 0 aliphatic carbocycles. The summed E-state index contributed by atoms with van der Waals surface area (Å²) in [6.45, 7) is 5.30. The summed E-state index contributed by atoms with van der Waals surface area (Å²) in [5, 5.41) is 0.